The van der Waals surface area contributed by atoms with Gasteiger partial charge in [-0.05, 0) is 54.4 Å². The Morgan fingerprint density at radius 1 is 0.614 bits per heavy atom. The molecule has 0 atom stereocenters. The van der Waals surface area contributed by atoms with Crippen molar-refractivity contribution >= 4 is 61.7 Å². The summed E-state index contributed by atoms with van der Waals surface area (Å²) in [7, 11) is -0.385. The summed E-state index contributed by atoms with van der Waals surface area (Å²) in [5.74, 6) is -6.17. The van der Waals surface area contributed by atoms with Gasteiger partial charge >= 0.3 is 206 Å². The standard InChI is InChI=1S/C36H40N4O12S.4K/c1-23-10-12-28(39(19-33(41)42)20-34(43)44)30(16-23)51-14-15-52-31-17-24(11-13-29(31)40(21-35(45)46)22-36(47)48)18-37-53(49,50)32-9-5-6-25-26(32)7-4-8-27(25)38(2)3;;;;/h4-13,16-17,37H,14-15,18-22H2,1-3H3,(H,41,42)(H,43,44)(H,45,46)(H,47,48);;;;/q;4*+1/p-4. The monoisotopic (exact) mass is 904 g/mol. The number of hydrogen-bond acceptors (Lipinski definition) is 15. The first-order valence-electron chi connectivity index (χ1n) is 16.0. The van der Waals surface area contributed by atoms with E-state index in [9.17, 15) is 48.0 Å². The van der Waals surface area contributed by atoms with Gasteiger partial charge in [-0.15, -0.1) is 0 Å². The van der Waals surface area contributed by atoms with Gasteiger partial charge in [-0.25, -0.2) is 13.1 Å². The van der Waals surface area contributed by atoms with Crippen molar-refractivity contribution in [3.63, 3.8) is 0 Å². The molecule has 57 heavy (non-hydrogen) atoms. The van der Waals surface area contributed by atoms with Gasteiger partial charge < -0.3 is 63.8 Å². The average molecular weight is 905 g/mol. The normalized spacial score (nSPS) is 10.4. The number of ether oxygens (including phenoxy) is 2. The Kier molecular flexibility index (Phi) is 27.7. The molecule has 4 rings (SSSR count). The molecule has 0 heterocycles. The molecule has 0 aliphatic rings. The number of nitrogens with one attached hydrogen (secondary N) is 1. The van der Waals surface area contributed by atoms with Gasteiger partial charge in [-0.3, -0.25) is 0 Å². The SMILES string of the molecule is Cc1ccc(N(CC(=O)[O-])CC(=O)[O-])c(OCCOc2cc(CNS(=O)(=O)c3cccc4c(N(C)C)cccc34)ccc2N(CC(=O)[O-])CC(=O)[O-])c1.[K+].[K+].[K+].[K+]. The minimum Gasteiger partial charge on any atom is -0.548 e. The molecule has 0 spiro atoms. The Morgan fingerprint density at radius 2 is 1.07 bits per heavy atom. The predicted octanol–water partition coefficient (Wildman–Crippen LogP) is -14.2. The summed E-state index contributed by atoms with van der Waals surface area (Å²) in [5, 5.41) is 46.9. The maximum atomic E-state index is 13.6. The van der Waals surface area contributed by atoms with Crippen LogP contribution in [0.2, 0.25) is 0 Å². The molecular formula is C36H36K4N4O12S. The van der Waals surface area contributed by atoms with E-state index in [-0.39, 0.29) is 253 Å². The van der Waals surface area contributed by atoms with Gasteiger partial charge in [0.1, 0.15) is 24.7 Å². The molecule has 0 saturated carbocycles. The molecule has 0 fully saturated rings. The van der Waals surface area contributed by atoms with E-state index in [4.69, 9.17) is 9.47 Å². The molecule has 0 saturated heterocycles. The number of carboxylic acid groups (broad SMARTS) is 4. The van der Waals surface area contributed by atoms with Crippen LogP contribution in [0.1, 0.15) is 11.1 Å². The number of sulfonamides is 1. The quantitative estimate of drug-likeness (QED) is 0.0641. The molecular weight excluding hydrogens is 869 g/mol. The van der Waals surface area contributed by atoms with E-state index in [1.807, 2.05) is 31.1 Å². The molecule has 21 heteroatoms. The number of aryl methyl sites for hydroxylation is 1. The van der Waals surface area contributed by atoms with Crippen molar-refractivity contribution in [3.8, 4) is 11.5 Å². The van der Waals surface area contributed by atoms with Gasteiger partial charge in [0.2, 0.25) is 10.0 Å². The number of rotatable bonds is 20. The van der Waals surface area contributed by atoms with E-state index in [1.165, 1.54) is 30.3 Å². The second kappa shape index (κ2) is 27.5. The summed E-state index contributed by atoms with van der Waals surface area (Å²) >= 11 is 0. The Hall–Kier alpha value is 0.475. The summed E-state index contributed by atoms with van der Waals surface area (Å²) in [6.45, 7) is -2.20. The van der Waals surface area contributed by atoms with Crippen molar-refractivity contribution in [2.24, 2.45) is 0 Å². The summed E-state index contributed by atoms with van der Waals surface area (Å²) in [5.41, 5.74) is 2.03. The van der Waals surface area contributed by atoms with Gasteiger partial charge in [-0.2, -0.15) is 0 Å². The van der Waals surface area contributed by atoms with E-state index in [0.29, 0.717) is 16.5 Å². The van der Waals surface area contributed by atoms with Gasteiger partial charge in [0.25, 0.3) is 0 Å². The van der Waals surface area contributed by atoms with E-state index in [0.717, 1.165) is 20.9 Å². The molecule has 1 N–H and O–H groups in total. The maximum absolute atomic E-state index is 13.6. The minimum atomic E-state index is -4.08. The third kappa shape index (κ3) is 17.6. The smallest absolute Gasteiger partial charge is 0.548 e. The van der Waals surface area contributed by atoms with Crippen molar-refractivity contribution in [3.05, 3.63) is 83.9 Å². The Labute approximate surface area is 501 Å². The van der Waals surface area contributed by atoms with Crippen molar-refractivity contribution in [1.82, 2.24) is 4.72 Å². The maximum Gasteiger partial charge on any atom is 1.00 e. The van der Waals surface area contributed by atoms with Crippen LogP contribution in [-0.4, -0.2) is 85.8 Å². The van der Waals surface area contributed by atoms with Gasteiger partial charge in [0, 0.05) is 37.1 Å². The number of benzene rings is 4. The Balaban J connectivity index is 0.00000784. The van der Waals surface area contributed by atoms with Crippen molar-refractivity contribution in [2.75, 3.05) is 68.2 Å². The summed E-state index contributed by atoms with van der Waals surface area (Å²) < 4.78 is 41.5. The van der Waals surface area contributed by atoms with E-state index in [1.54, 1.807) is 37.3 Å². The molecule has 0 aromatic heterocycles. The molecule has 282 valence electrons. The van der Waals surface area contributed by atoms with Crippen LogP contribution >= 0.6 is 0 Å². The van der Waals surface area contributed by atoms with E-state index >= 15 is 0 Å². The molecule has 0 radical (unpaired) electrons. The first kappa shape index (κ1) is 57.5. The topological polar surface area (TPSA) is 235 Å². The van der Waals surface area contributed by atoms with Crippen molar-refractivity contribution in [2.45, 2.75) is 18.4 Å². The molecule has 0 bridgehead atoms. The van der Waals surface area contributed by atoms with Crippen LogP contribution in [0.15, 0.2) is 77.7 Å². The number of fused-ring (bicyclic) bond motifs is 1. The van der Waals surface area contributed by atoms with Gasteiger partial charge in [-0.1, -0.05) is 36.4 Å². The van der Waals surface area contributed by atoms with E-state index < -0.39 is 60.1 Å². The zero-order chi connectivity index (χ0) is 38.9. The summed E-state index contributed by atoms with van der Waals surface area (Å²) in [6, 6.07) is 19.1. The number of nitrogens with zero attached hydrogens (tertiary/aromatic N) is 3. The Morgan fingerprint density at radius 3 is 1.56 bits per heavy atom. The fourth-order valence-electron chi connectivity index (χ4n) is 5.57. The van der Waals surface area contributed by atoms with E-state index in [2.05, 4.69) is 4.72 Å². The van der Waals surface area contributed by atoms with Crippen LogP contribution in [0.3, 0.4) is 0 Å². The first-order chi connectivity index (χ1) is 25.0. The van der Waals surface area contributed by atoms with Crippen LogP contribution in [-0.2, 0) is 35.7 Å². The number of hydrogen-bond donors (Lipinski definition) is 1. The average Bonchev–Trinajstić information content (AvgIpc) is 3.07. The summed E-state index contributed by atoms with van der Waals surface area (Å²) in [6.07, 6.45) is 0. The Bertz CT molecular complexity index is 2090. The first-order valence-corrected chi connectivity index (χ1v) is 17.5. The molecule has 4 aromatic rings. The van der Waals surface area contributed by atoms with Crippen LogP contribution in [0, 0.1) is 6.92 Å². The number of carbonyl (C=O) groups excluding carboxylic acids is 4. The second-order valence-corrected chi connectivity index (χ2v) is 13.8. The molecule has 0 amide bonds. The fourth-order valence-corrected chi connectivity index (χ4v) is 6.81. The van der Waals surface area contributed by atoms with Crippen LogP contribution in [0.4, 0.5) is 17.1 Å². The molecule has 0 unspecified atom stereocenters. The van der Waals surface area contributed by atoms with Crippen molar-refractivity contribution in [1.29, 1.82) is 0 Å². The van der Waals surface area contributed by atoms with Crippen LogP contribution < -0.4 is 255 Å². The molecule has 0 aliphatic heterocycles. The minimum absolute atomic E-state index is 0. The summed E-state index contributed by atoms with van der Waals surface area (Å²) in [4.78, 5) is 49.5. The predicted molar refractivity (Wildman–Crippen MR) is 185 cm³/mol. The number of carboxylic acids is 4. The van der Waals surface area contributed by atoms with Crippen LogP contribution in [0.5, 0.6) is 11.5 Å². The number of aliphatic carboxylic acids is 4. The molecule has 0 aliphatic carbocycles. The fraction of sp³-hybridized carbons (Fsp3) is 0.278. The third-order valence-electron chi connectivity index (χ3n) is 7.80. The number of carbonyl (C=O) groups is 4. The largest absolute Gasteiger partial charge is 1.00 e. The van der Waals surface area contributed by atoms with Gasteiger partial charge in [0.15, 0.2) is 0 Å². The molecule has 4 aromatic carbocycles. The molecule has 16 nitrogen and oxygen atoms in total. The third-order valence-corrected chi connectivity index (χ3v) is 9.26. The van der Waals surface area contributed by atoms with Crippen LogP contribution in [0.25, 0.3) is 10.8 Å². The number of anilines is 3. The second-order valence-electron chi connectivity index (χ2n) is 12.0. The van der Waals surface area contributed by atoms with Crippen molar-refractivity contribution < 1.29 is 263 Å². The van der Waals surface area contributed by atoms with Gasteiger partial charge in [0.05, 0.1) is 66.3 Å². The zero-order valence-electron chi connectivity index (χ0n) is 33.0. The zero-order valence-corrected chi connectivity index (χ0v) is 46.3.